The van der Waals surface area contributed by atoms with Crippen molar-refractivity contribution < 1.29 is 17.2 Å². The molecule has 1 heterocycles. The third kappa shape index (κ3) is 3.42. The van der Waals surface area contributed by atoms with Gasteiger partial charge in [0, 0.05) is 12.6 Å². The summed E-state index contributed by atoms with van der Waals surface area (Å²) in [4.78, 5) is 11.8. The number of thiazole rings is 1. The second-order valence-electron chi connectivity index (χ2n) is 5.38. The van der Waals surface area contributed by atoms with Gasteiger partial charge in [-0.05, 0) is 36.8 Å². The van der Waals surface area contributed by atoms with Gasteiger partial charge >= 0.3 is 4.87 Å². The van der Waals surface area contributed by atoms with Crippen LogP contribution in [0.2, 0.25) is 0 Å². The van der Waals surface area contributed by atoms with Gasteiger partial charge in [-0.15, -0.1) is 0 Å². The van der Waals surface area contributed by atoms with Gasteiger partial charge < -0.3 is 0 Å². The predicted octanol–water partition coefficient (Wildman–Crippen LogP) is 3.55. The van der Waals surface area contributed by atoms with Crippen LogP contribution in [0.4, 0.5) is 14.5 Å². The topological polar surface area (TPSA) is 68.2 Å². The molecule has 1 N–H and O–H groups in total. The van der Waals surface area contributed by atoms with Crippen LogP contribution in [-0.2, 0) is 16.6 Å². The zero-order valence-electron chi connectivity index (χ0n) is 13.1. The first-order chi connectivity index (χ1) is 11.8. The molecule has 0 saturated heterocycles. The third-order valence-corrected chi connectivity index (χ3v) is 5.89. The highest BCUT2D eigenvalue weighted by molar-refractivity contribution is 7.92. The summed E-state index contributed by atoms with van der Waals surface area (Å²) in [5.74, 6) is -2.21. The normalized spacial score (nSPS) is 11.8. The van der Waals surface area contributed by atoms with Gasteiger partial charge in [-0.1, -0.05) is 18.3 Å². The molecule has 3 rings (SSSR count). The van der Waals surface area contributed by atoms with Crippen LogP contribution >= 0.6 is 11.3 Å². The van der Waals surface area contributed by atoms with E-state index in [1.807, 2.05) is 6.92 Å². The van der Waals surface area contributed by atoms with Crippen molar-refractivity contribution in [2.45, 2.75) is 24.8 Å². The summed E-state index contributed by atoms with van der Waals surface area (Å²) in [5.41, 5.74) is 0.583. The third-order valence-electron chi connectivity index (χ3n) is 3.57. The highest BCUT2D eigenvalue weighted by Crippen LogP contribution is 2.24. The molecule has 0 atom stereocenters. The van der Waals surface area contributed by atoms with Crippen LogP contribution in [0.3, 0.4) is 0 Å². The van der Waals surface area contributed by atoms with Crippen molar-refractivity contribution in [3.05, 3.63) is 57.7 Å². The van der Waals surface area contributed by atoms with Crippen molar-refractivity contribution in [2.24, 2.45) is 0 Å². The van der Waals surface area contributed by atoms with Crippen LogP contribution in [0.25, 0.3) is 10.2 Å². The van der Waals surface area contributed by atoms with Crippen LogP contribution < -0.4 is 9.60 Å². The van der Waals surface area contributed by atoms with E-state index in [1.165, 1.54) is 12.1 Å². The van der Waals surface area contributed by atoms with E-state index in [2.05, 4.69) is 4.72 Å². The molecule has 0 radical (unpaired) electrons. The smallest absolute Gasteiger partial charge is 0.299 e. The van der Waals surface area contributed by atoms with Gasteiger partial charge in [0.15, 0.2) is 11.6 Å². The molecule has 25 heavy (non-hydrogen) atoms. The Labute approximate surface area is 146 Å². The number of hydrogen-bond donors (Lipinski definition) is 1. The number of aryl methyl sites for hydroxylation is 1. The Balaban J connectivity index is 1.99. The fraction of sp³-hybridized carbons (Fsp3) is 0.188. The van der Waals surface area contributed by atoms with Crippen LogP contribution in [0.5, 0.6) is 0 Å². The molecule has 0 bridgehead atoms. The number of benzene rings is 2. The Morgan fingerprint density at radius 1 is 1.12 bits per heavy atom. The molecule has 0 unspecified atom stereocenters. The summed E-state index contributed by atoms with van der Waals surface area (Å²) in [6.07, 6.45) is 0.781. The summed E-state index contributed by atoms with van der Waals surface area (Å²) in [6.45, 7) is 2.50. The number of sulfonamides is 1. The van der Waals surface area contributed by atoms with E-state index in [0.29, 0.717) is 16.8 Å². The Bertz CT molecular complexity index is 1100. The fourth-order valence-corrected chi connectivity index (χ4v) is 4.53. The molecule has 0 spiro atoms. The van der Waals surface area contributed by atoms with Crippen molar-refractivity contribution >= 4 is 37.3 Å². The van der Waals surface area contributed by atoms with Crippen LogP contribution in [0.15, 0.2) is 46.1 Å². The molecular formula is C16H14F2N2O3S2. The van der Waals surface area contributed by atoms with Crippen LogP contribution in [0, 0.1) is 11.6 Å². The zero-order valence-corrected chi connectivity index (χ0v) is 14.8. The average Bonchev–Trinajstić information content (AvgIpc) is 2.86. The fourth-order valence-electron chi connectivity index (χ4n) is 2.42. The Morgan fingerprint density at radius 3 is 2.56 bits per heavy atom. The first-order valence-corrected chi connectivity index (χ1v) is 9.73. The van der Waals surface area contributed by atoms with E-state index in [9.17, 15) is 22.0 Å². The van der Waals surface area contributed by atoms with Crippen molar-refractivity contribution in [3.63, 3.8) is 0 Å². The minimum absolute atomic E-state index is 0.0605. The molecule has 1 aromatic heterocycles. The maximum absolute atomic E-state index is 13.2. The first kappa shape index (κ1) is 17.6. The SMILES string of the molecule is CCCn1c(=O)sc2cc(S(=O)(=O)Nc3ccc(F)c(F)c3)ccc21. The minimum Gasteiger partial charge on any atom is -0.299 e. The molecule has 3 aromatic rings. The Morgan fingerprint density at radius 2 is 1.88 bits per heavy atom. The largest absolute Gasteiger partial charge is 0.308 e. The number of fused-ring (bicyclic) bond motifs is 1. The molecule has 0 aliphatic heterocycles. The van der Waals surface area contributed by atoms with Gasteiger partial charge in [-0.3, -0.25) is 14.1 Å². The lowest BCUT2D eigenvalue weighted by atomic mass is 10.3. The molecule has 0 saturated carbocycles. The van der Waals surface area contributed by atoms with Gasteiger partial charge in [0.1, 0.15) is 0 Å². The highest BCUT2D eigenvalue weighted by Gasteiger charge is 2.17. The van der Waals surface area contributed by atoms with Gasteiger partial charge in [0.2, 0.25) is 0 Å². The van der Waals surface area contributed by atoms with E-state index in [4.69, 9.17) is 0 Å². The molecule has 0 amide bonds. The van der Waals surface area contributed by atoms with E-state index >= 15 is 0 Å². The van der Waals surface area contributed by atoms with Gasteiger partial charge in [-0.25, -0.2) is 17.2 Å². The molecule has 0 aliphatic carbocycles. The molecule has 9 heteroatoms. The van der Waals surface area contributed by atoms with Crippen molar-refractivity contribution in [2.75, 3.05) is 4.72 Å². The quantitative estimate of drug-likeness (QED) is 0.731. The first-order valence-electron chi connectivity index (χ1n) is 7.43. The Kier molecular flexibility index (Phi) is 4.61. The van der Waals surface area contributed by atoms with E-state index < -0.39 is 21.7 Å². The lowest BCUT2D eigenvalue weighted by molar-refractivity contribution is 0.509. The number of anilines is 1. The number of rotatable bonds is 5. The van der Waals surface area contributed by atoms with E-state index in [1.54, 1.807) is 10.6 Å². The summed E-state index contributed by atoms with van der Waals surface area (Å²) in [5, 5.41) is 0. The molecule has 5 nitrogen and oxygen atoms in total. The van der Waals surface area contributed by atoms with E-state index in [-0.39, 0.29) is 15.5 Å². The van der Waals surface area contributed by atoms with Gasteiger partial charge in [-0.2, -0.15) is 0 Å². The number of nitrogens with zero attached hydrogens (tertiary/aromatic N) is 1. The molecule has 2 aromatic carbocycles. The summed E-state index contributed by atoms with van der Waals surface area (Å²) in [6, 6.07) is 7.08. The maximum Gasteiger partial charge on any atom is 0.308 e. The van der Waals surface area contributed by atoms with Gasteiger partial charge in [0.05, 0.1) is 20.8 Å². The standard InChI is InChI=1S/C16H14F2N2O3S2/c1-2-7-20-14-6-4-11(9-15(14)24-16(20)21)25(22,23)19-10-3-5-12(17)13(18)8-10/h3-6,8-9,19H,2,7H2,1H3. The average molecular weight is 384 g/mol. The lowest BCUT2D eigenvalue weighted by Gasteiger charge is -2.09. The second-order valence-corrected chi connectivity index (χ2v) is 8.06. The van der Waals surface area contributed by atoms with Crippen molar-refractivity contribution in [3.8, 4) is 0 Å². The monoisotopic (exact) mass is 384 g/mol. The van der Waals surface area contributed by atoms with Crippen LogP contribution in [0.1, 0.15) is 13.3 Å². The number of halogens is 2. The van der Waals surface area contributed by atoms with Crippen molar-refractivity contribution in [1.29, 1.82) is 0 Å². The summed E-state index contributed by atoms with van der Waals surface area (Å²) < 4.78 is 55.4. The minimum atomic E-state index is -3.99. The van der Waals surface area contributed by atoms with Crippen molar-refractivity contribution in [1.82, 2.24) is 4.57 Å². The zero-order chi connectivity index (χ0) is 18.2. The predicted molar refractivity (Wildman–Crippen MR) is 93.5 cm³/mol. The molecule has 132 valence electrons. The second kappa shape index (κ2) is 6.57. The van der Waals surface area contributed by atoms with Crippen LogP contribution in [-0.4, -0.2) is 13.0 Å². The molecule has 0 aliphatic rings. The maximum atomic E-state index is 13.2. The summed E-state index contributed by atoms with van der Waals surface area (Å²) in [7, 11) is -3.99. The lowest BCUT2D eigenvalue weighted by Crippen LogP contribution is -2.13. The number of hydrogen-bond acceptors (Lipinski definition) is 4. The molecular weight excluding hydrogens is 370 g/mol. The number of aromatic nitrogens is 1. The van der Waals surface area contributed by atoms with E-state index in [0.717, 1.165) is 36.0 Å². The molecule has 0 fully saturated rings. The Hall–Kier alpha value is -2.26. The number of nitrogens with one attached hydrogen (secondary N) is 1. The summed E-state index contributed by atoms with van der Waals surface area (Å²) >= 11 is 0.965. The highest BCUT2D eigenvalue weighted by atomic mass is 32.2. The van der Waals surface area contributed by atoms with Gasteiger partial charge in [0.25, 0.3) is 10.0 Å².